The second-order valence-electron chi connectivity index (χ2n) is 2.57. The molecular formula is C6H9ClF3NO2. The summed E-state index contributed by atoms with van der Waals surface area (Å²) < 4.78 is 34.9. The second-order valence-corrected chi connectivity index (χ2v) is 2.88. The first-order chi connectivity index (χ1) is 5.78. The van der Waals surface area contributed by atoms with Crippen molar-refractivity contribution in [3.63, 3.8) is 0 Å². The Kier molecular flexibility index (Phi) is 4.49. The van der Waals surface area contributed by atoms with E-state index < -0.39 is 24.5 Å². The molecule has 78 valence electrons. The molecule has 0 saturated carbocycles. The van der Waals surface area contributed by atoms with Crippen LogP contribution in [0.4, 0.5) is 13.2 Å². The highest BCUT2D eigenvalue weighted by molar-refractivity contribution is 6.19. The predicted octanol–water partition coefficient (Wildman–Crippen LogP) is 1.64. The lowest BCUT2D eigenvalue weighted by atomic mass is 10.2. The monoisotopic (exact) mass is 219 g/mol. The summed E-state index contributed by atoms with van der Waals surface area (Å²) in [6, 6.07) is 0. The zero-order valence-corrected chi connectivity index (χ0v) is 7.56. The van der Waals surface area contributed by atoms with Crippen molar-refractivity contribution in [1.82, 2.24) is 5.06 Å². The molecule has 0 aromatic heterocycles. The van der Waals surface area contributed by atoms with Gasteiger partial charge in [-0.25, -0.2) is 5.06 Å². The Bertz CT molecular complexity index is 185. The van der Waals surface area contributed by atoms with E-state index in [2.05, 4.69) is 0 Å². The van der Waals surface area contributed by atoms with Gasteiger partial charge in [0.05, 0.1) is 5.92 Å². The van der Waals surface area contributed by atoms with Crippen LogP contribution >= 0.6 is 11.6 Å². The molecule has 1 N–H and O–H groups in total. The average Bonchev–Trinajstić information content (AvgIpc) is 1.98. The molecule has 0 fully saturated rings. The van der Waals surface area contributed by atoms with Crippen LogP contribution in [0.5, 0.6) is 0 Å². The first kappa shape index (κ1) is 12.5. The summed E-state index contributed by atoms with van der Waals surface area (Å²) in [7, 11) is 0. The molecule has 0 heterocycles. The number of rotatable bonds is 3. The van der Waals surface area contributed by atoms with Crippen molar-refractivity contribution >= 4 is 17.5 Å². The van der Waals surface area contributed by atoms with E-state index in [0.29, 0.717) is 0 Å². The van der Waals surface area contributed by atoms with Crippen LogP contribution in [-0.4, -0.2) is 34.8 Å². The van der Waals surface area contributed by atoms with Crippen LogP contribution in [-0.2, 0) is 4.79 Å². The largest absolute Gasteiger partial charge is 0.408 e. The van der Waals surface area contributed by atoms with Crippen LogP contribution in [0, 0.1) is 5.92 Å². The topological polar surface area (TPSA) is 40.5 Å². The van der Waals surface area contributed by atoms with Crippen molar-refractivity contribution in [3.8, 4) is 0 Å². The summed E-state index contributed by atoms with van der Waals surface area (Å²) in [6.45, 7) is -0.345. The lowest BCUT2D eigenvalue weighted by Crippen LogP contribution is -2.39. The number of carbonyl (C=O) groups is 1. The first-order valence-electron chi connectivity index (χ1n) is 3.41. The van der Waals surface area contributed by atoms with Crippen LogP contribution < -0.4 is 0 Å². The molecule has 0 radical (unpaired) electrons. The Morgan fingerprint density at radius 3 is 2.38 bits per heavy atom. The molecule has 0 saturated heterocycles. The van der Waals surface area contributed by atoms with Gasteiger partial charge in [0.25, 0.3) is 0 Å². The number of halogens is 4. The van der Waals surface area contributed by atoms with E-state index in [1.165, 1.54) is 6.92 Å². The molecule has 0 unspecified atom stereocenters. The summed E-state index contributed by atoms with van der Waals surface area (Å²) in [6.07, 6.45) is -4.60. The Morgan fingerprint density at radius 1 is 1.62 bits per heavy atom. The molecule has 0 aliphatic rings. The molecule has 0 aliphatic heterocycles. The maximum atomic E-state index is 11.6. The molecular weight excluding hydrogens is 211 g/mol. The summed E-state index contributed by atoms with van der Waals surface area (Å²) in [4.78, 5) is 10.8. The van der Waals surface area contributed by atoms with Crippen LogP contribution in [0.15, 0.2) is 0 Å². The van der Waals surface area contributed by atoms with E-state index in [1.807, 2.05) is 0 Å². The van der Waals surface area contributed by atoms with Crippen molar-refractivity contribution in [1.29, 1.82) is 0 Å². The van der Waals surface area contributed by atoms with Crippen molar-refractivity contribution in [2.45, 2.75) is 13.1 Å². The molecule has 0 bridgehead atoms. The van der Waals surface area contributed by atoms with Crippen molar-refractivity contribution in [2.75, 3.05) is 12.4 Å². The third kappa shape index (κ3) is 4.94. The number of alkyl halides is 4. The molecule has 1 amide bonds. The van der Waals surface area contributed by atoms with E-state index >= 15 is 0 Å². The number of amides is 1. The van der Waals surface area contributed by atoms with E-state index in [-0.39, 0.29) is 10.9 Å². The maximum absolute atomic E-state index is 11.6. The van der Waals surface area contributed by atoms with Crippen molar-refractivity contribution in [2.24, 2.45) is 5.92 Å². The Labute approximate surface area is 78.0 Å². The smallest absolute Gasteiger partial charge is 0.286 e. The fourth-order valence-electron chi connectivity index (χ4n) is 0.568. The van der Waals surface area contributed by atoms with Gasteiger partial charge in [-0.2, -0.15) is 13.2 Å². The number of nitrogens with zero attached hydrogens (tertiary/aromatic N) is 1. The fraction of sp³-hybridized carbons (Fsp3) is 0.833. The van der Waals surface area contributed by atoms with E-state index in [0.717, 1.165) is 0 Å². The summed E-state index contributed by atoms with van der Waals surface area (Å²) >= 11 is 5.22. The fourth-order valence-corrected chi connectivity index (χ4v) is 0.700. The lowest BCUT2D eigenvalue weighted by molar-refractivity contribution is -0.214. The minimum Gasteiger partial charge on any atom is -0.286 e. The van der Waals surface area contributed by atoms with Crippen LogP contribution in [0.1, 0.15) is 6.92 Å². The van der Waals surface area contributed by atoms with Gasteiger partial charge in [0, 0.05) is 5.88 Å². The molecule has 13 heavy (non-hydrogen) atoms. The van der Waals surface area contributed by atoms with Gasteiger partial charge >= 0.3 is 6.18 Å². The average molecular weight is 220 g/mol. The van der Waals surface area contributed by atoms with Crippen molar-refractivity contribution < 1.29 is 23.2 Å². The highest BCUT2D eigenvalue weighted by Gasteiger charge is 2.33. The molecule has 0 rings (SSSR count). The molecule has 7 heteroatoms. The number of carbonyl (C=O) groups excluding carboxylic acids is 1. The van der Waals surface area contributed by atoms with E-state index in [1.54, 1.807) is 0 Å². The predicted molar refractivity (Wildman–Crippen MR) is 39.4 cm³/mol. The summed E-state index contributed by atoms with van der Waals surface area (Å²) in [5.41, 5.74) is 0. The van der Waals surface area contributed by atoms with Gasteiger partial charge < -0.3 is 0 Å². The first-order valence-corrected chi connectivity index (χ1v) is 3.94. The molecule has 0 aliphatic carbocycles. The number of hydrogen-bond donors (Lipinski definition) is 1. The molecule has 3 nitrogen and oxygen atoms in total. The minimum atomic E-state index is -4.60. The maximum Gasteiger partial charge on any atom is 0.408 e. The number of hydrogen-bond acceptors (Lipinski definition) is 2. The van der Waals surface area contributed by atoms with Gasteiger partial charge in [-0.3, -0.25) is 10.0 Å². The quantitative estimate of drug-likeness (QED) is 0.445. The standard InChI is InChI=1S/C6H9ClF3NO2/c1-4(2-7)5(12)11(13)3-6(8,9)10/h4,13H,2-3H2,1H3/t4-/m1/s1. The molecule has 1 atom stereocenters. The summed E-state index contributed by atoms with van der Waals surface area (Å²) in [5.74, 6) is -1.99. The summed E-state index contributed by atoms with van der Waals surface area (Å²) in [5, 5.41) is 8.29. The van der Waals surface area contributed by atoms with E-state index in [9.17, 15) is 18.0 Å². The minimum absolute atomic E-state index is 0.131. The van der Waals surface area contributed by atoms with Crippen LogP contribution in [0.25, 0.3) is 0 Å². The van der Waals surface area contributed by atoms with Crippen LogP contribution in [0.3, 0.4) is 0 Å². The zero-order valence-electron chi connectivity index (χ0n) is 6.81. The van der Waals surface area contributed by atoms with Gasteiger partial charge in [-0.05, 0) is 0 Å². The Balaban J connectivity index is 4.12. The Hall–Kier alpha value is -0.490. The van der Waals surface area contributed by atoms with Gasteiger partial charge in [-0.15, -0.1) is 11.6 Å². The van der Waals surface area contributed by atoms with Crippen LogP contribution in [0.2, 0.25) is 0 Å². The number of hydroxylamine groups is 2. The SMILES string of the molecule is C[C@H](CCl)C(=O)N(O)CC(F)(F)F. The highest BCUT2D eigenvalue weighted by Crippen LogP contribution is 2.16. The van der Waals surface area contributed by atoms with Crippen molar-refractivity contribution in [3.05, 3.63) is 0 Å². The van der Waals surface area contributed by atoms with Gasteiger partial charge in [0.15, 0.2) is 0 Å². The molecule has 0 spiro atoms. The van der Waals surface area contributed by atoms with Gasteiger partial charge in [0.2, 0.25) is 5.91 Å². The van der Waals surface area contributed by atoms with Gasteiger partial charge in [0.1, 0.15) is 6.54 Å². The highest BCUT2D eigenvalue weighted by atomic mass is 35.5. The zero-order chi connectivity index (χ0) is 10.6. The third-order valence-corrected chi connectivity index (χ3v) is 1.70. The molecule has 0 aromatic carbocycles. The Morgan fingerprint density at radius 2 is 2.08 bits per heavy atom. The third-order valence-electron chi connectivity index (χ3n) is 1.24. The second kappa shape index (κ2) is 4.66. The lowest BCUT2D eigenvalue weighted by Gasteiger charge is -2.19. The normalized spacial score (nSPS) is 14.0. The molecule has 0 aromatic rings. The van der Waals surface area contributed by atoms with Gasteiger partial charge in [-0.1, -0.05) is 6.92 Å². The van der Waals surface area contributed by atoms with E-state index in [4.69, 9.17) is 16.8 Å².